The number of aromatic nitrogens is 2. The van der Waals surface area contributed by atoms with Crippen LogP contribution in [0.4, 0.5) is 0 Å². The van der Waals surface area contributed by atoms with Crippen molar-refractivity contribution in [2.24, 2.45) is 5.73 Å². The fourth-order valence-corrected chi connectivity index (χ4v) is 2.24. The predicted molar refractivity (Wildman–Crippen MR) is 63.0 cm³/mol. The van der Waals surface area contributed by atoms with Gasteiger partial charge in [-0.1, -0.05) is 29.0 Å². The van der Waals surface area contributed by atoms with Crippen molar-refractivity contribution in [1.29, 1.82) is 0 Å². The van der Waals surface area contributed by atoms with Gasteiger partial charge in [-0.2, -0.15) is 0 Å². The average Bonchev–Trinajstić information content (AvgIpc) is 2.70. The van der Waals surface area contributed by atoms with E-state index in [9.17, 15) is 0 Å². The first kappa shape index (κ1) is 10.5. The maximum Gasteiger partial charge on any atom is 0.148 e. The van der Waals surface area contributed by atoms with Gasteiger partial charge in [-0.05, 0) is 24.6 Å². The number of aryl methyl sites for hydroxylation is 1. The highest BCUT2D eigenvalue weighted by Gasteiger charge is 2.08. The molecule has 0 unspecified atom stereocenters. The molecule has 0 aliphatic carbocycles. The number of halogens is 1. The van der Waals surface area contributed by atoms with Gasteiger partial charge in [-0.25, -0.2) is 0 Å². The fourth-order valence-electron chi connectivity index (χ4n) is 1.27. The smallest absolute Gasteiger partial charge is 0.148 e. The van der Waals surface area contributed by atoms with Gasteiger partial charge in [0.1, 0.15) is 10.0 Å². The Kier molecular flexibility index (Phi) is 3.00. The molecule has 0 radical (unpaired) electrons. The van der Waals surface area contributed by atoms with Gasteiger partial charge in [0.05, 0.1) is 0 Å². The number of benzene rings is 1. The molecule has 3 nitrogen and oxygen atoms in total. The normalized spacial score (nSPS) is 10.6. The number of hydrogen-bond donors (Lipinski definition) is 1. The highest BCUT2D eigenvalue weighted by molar-refractivity contribution is 7.14. The standard InChI is InChI=1S/C10H10ClN3S/c1-6-2-3-7(11)4-8(6)10-14-13-9(5-12)15-10/h2-4H,5,12H2,1H3. The van der Waals surface area contributed by atoms with Gasteiger partial charge >= 0.3 is 0 Å². The van der Waals surface area contributed by atoms with Crippen LogP contribution in [0.3, 0.4) is 0 Å². The predicted octanol–water partition coefficient (Wildman–Crippen LogP) is 2.63. The molecule has 1 aromatic carbocycles. The molecule has 5 heteroatoms. The minimum absolute atomic E-state index is 0.428. The first-order chi connectivity index (χ1) is 7.20. The summed E-state index contributed by atoms with van der Waals surface area (Å²) < 4.78 is 0. The molecule has 2 aromatic rings. The van der Waals surface area contributed by atoms with E-state index in [-0.39, 0.29) is 0 Å². The molecule has 0 aliphatic rings. The van der Waals surface area contributed by atoms with Crippen molar-refractivity contribution in [2.45, 2.75) is 13.5 Å². The third-order valence-electron chi connectivity index (χ3n) is 2.07. The average molecular weight is 240 g/mol. The summed E-state index contributed by atoms with van der Waals surface area (Å²) in [5, 5.41) is 10.5. The minimum atomic E-state index is 0.428. The van der Waals surface area contributed by atoms with Gasteiger partial charge in [0.25, 0.3) is 0 Å². The summed E-state index contributed by atoms with van der Waals surface area (Å²) >= 11 is 7.44. The molecule has 0 bridgehead atoms. The summed E-state index contributed by atoms with van der Waals surface area (Å²) in [6, 6.07) is 5.74. The fraction of sp³-hybridized carbons (Fsp3) is 0.200. The molecule has 0 saturated carbocycles. The highest BCUT2D eigenvalue weighted by atomic mass is 35.5. The lowest BCUT2D eigenvalue weighted by Crippen LogP contribution is -1.94. The molecule has 0 saturated heterocycles. The molecule has 0 atom stereocenters. The summed E-state index contributed by atoms with van der Waals surface area (Å²) in [5.74, 6) is 0. The van der Waals surface area contributed by atoms with Crippen molar-refractivity contribution < 1.29 is 0 Å². The minimum Gasteiger partial charge on any atom is -0.324 e. The third kappa shape index (κ3) is 2.17. The summed E-state index contributed by atoms with van der Waals surface area (Å²) in [6.07, 6.45) is 0. The van der Waals surface area contributed by atoms with Crippen molar-refractivity contribution in [3.63, 3.8) is 0 Å². The summed E-state index contributed by atoms with van der Waals surface area (Å²) in [5.41, 5.74) is 7.66. The second kappa shape index (κ2) is 4.26. The van der Waals surface area contributed by atoms with Crippen LogP contribution >= 0.6 is 22.9 Å². The summed E-state index contributed by atoms with van der Waals surface area (Å²) in [4.78, 5) is 0. The second-order valence-electron chi connectivity index (χ2n) is 3.16. The quantitative estimate of drug-likeness (QED) is 0.877. The Labute approximate surface area is 96.9 Å². The van der Waals surface area contributed by atoms with Crippen molar-refractivity contribution >= 4 is 22.9 Å². The van der Waals surface area contributed by atoms with Crippen molar-refractivity contribution in [3.8, 4) is 10.6 Å². The van der Waals surface area contributed by atoms with Gasteiger partial charge in [0, 0.05) is 17.1 Å². The summed E-state index contributed by atoms with van der Waals surface area (Å²) in [6.45, 7) is 2.45. The number of hydrogen-bond acceptors (Lipinski definition) is 4. The molecular weight excluding hydrogens is 230 g/mol. The Morgan fingerprint density at radius 1 is 1.40 bits per heavy atom. The lowest BCUT2D eigenvalue weighted by Gasteiger charge is -2.01. The third-order valence-corrected chi connectivity index (χ3v) is 3.29. The topological polar surface area (TPSA) is 51.8 Å². The van der Waals surface area contributed by atoms with Crippen LogP contribution in [-0.4, -0.2) is 10.2 Å². The Hall–Kier alpha value is -0.970. The SMILES string of the molecule is Cc1ccc(Cl)cc1-c1nnc(CN)s1. The van der Waals surface area contributed by atoms with Crippen LogP contribution in [0.2, 0.25) is 5.02 Å². The first-order valence-corrected chi connectivity index (χ1v) is 5.69. The van der Waals surface area contributed by atoms with Crippen LogP contribution in [0.25, 0.3) is 10.6 Å². The highest BCUT2D eigenvalue weighted by Crippen LogP contribution is 2.28. The maximum atomic E-state index is 5.94. The zero-order chi connectivity index (χ0) is 10.8. The second-order valence-corrected chi connectivity index (χ2v) is 4.66. The molecule has 0 spiro atoms. The van der Waals surface area contributed by atoms with Crippen LogP contribution in [-0.2, 0) is 6.54 Å². The monoisotopic (exact) mass is 239 g/mol. The van der Waals surface area contributed by atoms with Crippen LogP contribution in [0.5, 0.6) is 0 Å². The van der Waals surface area contributed by atoms with E-state index >= 15 is 0 Å². The van der Waals surface area contributed by atoms with Crippen LogP contribution in [0, 0.1) is 6.92 Å². The summed E-state index contributed by atoms with van der Waals surface area (Å²) in [7, 11) is 0. The van der Waals surface area contributed by atoms with E-state index in [1.165, 1.54) is 11.3 Å². The molecule has 78 valence electrons. The number of nitrogens with two attached hydrogens (primary N) is 1. The molecule has 1 aromatic heterocycles. The van der Waals surface area contributed by atoms with Gasteiger partial charge in [-0.3, -0.25) is 0 Å². The van der Waals surface area contributed by atoms with Gasteiger partial charge in [0.2, 0.25) is 0 Å². The molecule has 2 N–H and O–H groups in total. The number of rotatable bonds is 2. The van der Waals surface area contributed by atoms with E-state index in [1.54, 1.807) is 0 Å². The van der Waals surface area contributed by atoms with Crippen molar-refractivity contribution in [2.75, 3.05) is 0 Å². The lowest BCUT2D eigenvalue weighted by atomic mass is 10.1. The maximum absolute atomic E-state index is 5.94. The molecule has 2 rings (SSSR count). The largest absolute Gasteiger partial charge is 0.324 e. The van der Waals surface area contributed by atoms with Crippen LogP contribution in [0.1, 0.15) is 10.6 Å². The molecular formula is C10H10ClN3S. The molecule has 0 fully saturated rings. The Bertz CT molecular complexity index is 481. The van der Waals surface area contributed by atoms with Gasteiger partial charge < -0.3 is 5.73 Å². The zero-order valence-electron chi connectivity index (χ0n) is 8.20. The van der Waals surface area contributed by atoms with E-state index < -0.39 is 0 Å². The van der Waals surface area contributed by atoms with E-state index in [0.29, 0.717) is 11.6 Å². The lowest BCUT2D eigenvalue weighted by molar-refractivity contribution is 0.960. The van der Waals surface area contributed by atoms with Crippen molar-refractivity contribution in [1.82, 2.24) is 10.2 Å². The van der Waals surface area contributed by atoms with Crippen LogP contribution in [0.15, 0.2) is 18.2 Å². The Morgan fingerprint density at radius 2 is 2.20 bits per heavy atom. The van der Waals surface area contributed by atoms with Crippen LogP contribution < -0.4 is 5.73 Å². The molecule has 0 amide bonds. The Balaban J connectivity index is 2.48. The molecule has 1 heterocycles. The molecule has 15 heavy (non-hydrogen) atoms. The first-order valence-electron chi connectivity index (χ1n) is 4.49. The van der Waals surface area contributed by atoms with Gasteiger partial charge in [0.15, 0.2) is 0 Å². The number of nitrogens with zero attached hydrogens (tertiary/aromatic N) is 2. The Morgan fingerprint density at radius 3 is 2.87 bits per heavy atom. The molecule has 0 aliphatic heterocycles. The van der Waals surface area contributed by atoms with Crippen molar-refractivity contribution in [3.05, 3.63) is 33.8 Å². The van der Waals surface area contributed by atoms with E-state index in [2.05, 4.69) is 10.2 Å². The van der Waals surface area contributed by atoms with E-state index in [4.69, 9.17) is 17.3 Å². The zero-order valence-corrected chi connectivity index (χ0v) is 9.77. The van der Waals surface area contributed by atoms with E-state index in [1.807, 2.05) is 25.1 Å². The van der Waals surface area contributed by atoms with E-state index in [0.717, 1.165) is 21.1 Å². The van der Waals surface area contributed by atoms with Gasteiger partial charge in [-0.15, -0.1) is 10.2 Å².